The number of carbonyl (C=O) groups excluding carboxylic acids is 2. The minimum atomic E-state index is -0.689. The summed E-state index contributed by atoms with van der Waals surface area (Å²) in [4.78, 5) is 21.5. The summed E-state index contributed by atoms with van der Waals surface area (Å²) >= 11 is 3.96. The summed E-state index contributed by atoms with van der Waals surface area (Å²) in [6, 6.07) is 0. The van der Waals surface area contributed by atoms with Gasteiger partial charge in [-0.25, -0.2) is 4.79 Å². The fourth-order valence-corrected chi connectivity index (χ4v) is 1.15. The minimum absolute atomic E-state index is 0.0448. The zero-order valence-corrected chi connectivity index (χ0v) is 8.56. The molecule has 6 nitrogen and oxygen atoms in total. The lowest BCUT2D eigenvalue weighted by atomic mass is 10.4. The monoisotopic (exact) mass is 215 g/mol. The lowest BCUT2D eigenvalue weighted by Crippen LogP contribution is -2.11. The Balaban J connectivity index is 3.08. The molecule has 1 heterocycles. The Morgan fingerprint density at radius 1 is 1.64 bits per heavy atom. The lowest BCUT2D eigenvalue weighted by molar-refractivity contribution is -0.107. The molecular formula is C7H9N3O3S. The molecule has 1 unspecified atom stereocenters. The van der Waals surface area contributed by atoms with Gasteiger partial charge in [0.25, 0.3) is 0 Å². The number of hydrogen-bond acceptors (Lipinski definition) is 6. The molecule has 0 saturated heterocycles. The van der Waals surface area contributed by atoms with E-state index in [0.717, 1.165) is 0 Å². The van der Waals surface area contributed by atoms with Gasteiger partial charge < -0.3 is 14.1 Å². The summed E-state index contributed by atoms with van der Waals surface area (Å²) in [5.41, 5.74) is 0. The first-order valence-corrected chi connectivity index (χ1v) is 4.24. The molecule has 0 spiro atoms. The van der Waals surface area contributed by atoms with Crippen LogP contribution >= 0.6 is 12.6 Å². The molecular weight excluding hydrogens is 206 g/mol. The summed E-state index contributed by atoms with van der Waals surface area (Å²) in [6.45, 7) is 0. The highest BCUT2D eigenvalue weighted by Crippen LogP contribution is 2.14. The summed E-state index contributed by atoms with van der Waals surface area (Å²) in [5.74, 6) is -0.246. The van der Waals surface area contributed by atoms with Crippen LogP contribution in [-0.2, 0) is 16.6 Å². The summed E-state index contributed by atoms with van der Waals surface area (Å²) < 4.78 is 5.84. The van der Waals surface area contributed by atoms with E-state index in [9.17, 15) is 9.59 Å². The first-order valence-electron chi connectivity index (χ1n) is 3.72. The SMILES string of the molecule is COC(=O)c1nnc(C(S)C=O)n1C. The molecule has 0 amide bonds. The van der Waals surface area contributed by atoms with Crippen molar-refractivity contribution < 1.29 is 14.3 Å². The van der Waals surface area contributed by atoms with E-state index in [0.29, 0.717) is 12.1 Å². The molecule has 1 atom stereocenters. The van der Waals surface area contributed by atoms with Crippen molar-refractivity contribution in [3.05, 3.63) is 11.6 Å². The second kappa shape index (κ2) is 4.23. The van der Waals surface area contributed by atoms with E-state index < -0.39 is 11.2 Å². The Bertz CT molecular complexity index is 363. The van der Waals surface area contributed by atoms with Crippen LogP contribution in [-0.4, -0.2) is 34.1 Å². The summed E-state index contributed by atoms with van der Waals surface area (Å²) in [5, 5.41) is 6.56. The highest BCUT2D eigenvalue weighted by atomic mass is 32.1. The topological polar surface area (TPSA) is 74.1 Å². The van der Waals surface area contributed by atoms with Gasteiger partial charge in [0.2, 0.25) is 5.82 Å². The molecule has 0 N–H and O–H groups in total. The molecule has 0 aliphatic rings. The molecule has 0 fully saturated rings. The Morgan fingerprint density at radius 3 is 2.79 bits per heavy atom. The van der Waals surface area contributed by atoms with Crippen LogP contribution in [0, 0.1) is 0 Å². The van der Waals surface area contributed by atoms with Gasteiger partial charge in [0.15, 0.2) is 5.82 Å². The third-order valence-corrected chi connectivity index (χ3v) is 2.02. The van der Waals surface area contributed by atoms with Crippen LogP contribution in [0.2, 0.25) is 0 Å². The van der Waals surface area contributed by atoms with E-state index in [1.807, 2.05) is 0 Å². The maximum absolute atomic E-state index is 11.1. The van der Waals surface area contributed by atoms with Gasteiger partial charge in [-0.1, -0.05) is 0 Å². The first-order chi connectivity index (χ1) is 6.61. The van der Waals surface area contributed by atoms with E-state index in [2.05, 4.69) is 27.6 Å². The van der Waals surface area contributed by atoms with Gasteiger partial charge in [0.05, 0.1) is 7.11 Å². The highest BCUT2D eigenvalue weighted by Gasteiger charge is 2.20. The smallest absolute Gasteiger partial charge is 0.376 e. The van der Waals surface area contributed by atoms with Gasteiger partial charge in [-0.3, -0.25) is 0 Å². The molecule has 0 aliphatic carbocycles. The van der Waals surface area contributed by atoms with E-state index in [4.69, 9.17) is 0 Å². The van der Waals surface area contributed by atoms with Crippen molar-refractivity contribution in [2.24, 2.45) is 7.05 Å². The molecule has 0 bridgehead atoms. The number of thiol groups is 1. The van der Waals surface area contributed by atoms with Crippen molar-refractivity contribution in [1.82, 2.24) is 14.8 Å². The number of aldehydes is 1. The molecule has 1 aromatic rings. The van der Waals surface area contributed by atoms with Crippen molar-refractivity contribution >= 4 is 24.9 Å². The van der Waals surface area contributed by atoms with E-state index in [1.54, 1.807) is 7.05 Å². The summed E-state index contributed by atoms with van der Waals surface area (Å²) in [6.07, 6.45) is 0.605. The van der Waals surface area contributed by atoms with E-state index in [1.165, 1.54) is 11.7 Å². The number of carbonyl (C=O) groups is 2. The maximum atomic E-state index is 11.1. The number of ether oxygens (including phenoxy) is 1. The third-order valence-electron chi connectivity index (χ3n) is 1.67. The van der Waals surface area contributed by atoms with Crippen molar-refractivity contribution in [2.75, 3.05) is 7.11 Å². The van der Waals surface area contributed by atoms with Crippen LogP contribution in [0.4, 0.5) is 0 Å². The quantitative estimate of drug-likeness (QED) is 0.428. The molecule has 7 heteroatoms. The van der Waals surface area contributed by atoms with Gasteiger partial charge in [-0.05, 0) is 0 Å². The van der Waals surface area contributed by atoms with Crippen LogP contribution in [0.3, 0.4) is 0 Å². The fraction of sp³-hybridized carbons (Fsp3) is 0.429. The molecule has 14 heavy (non-hydrogen) atoms. The average Bonchev–Trinajstić information content (AvgIpc) is 2.58. The number of rotatable bonds is 3. The fourth-order valence-electron chi connectivity index (χ4n) is 0.929. The zero-order chi connectivity index (χ0) is 10.7. The number of methoxy groups -OCH3 is 1. The van der Waals surface area contributed by atoms with Crippen molar-refractivity contribution in [1.29, 1.82) is 0 Å². The van der Waals surface area contributed by atoms with Crippen LogP contribution in [0.1, 0.15) is 21.7 Å². The van der Waals surface area contributed by atoms with Crippen LogP contribution in [0.5, 0.6) is 0 Å². The number of nitrogens with zero attached hydrogens (tertiary/aromatic N) is 3. The van der Waals surface area contributed by atoms with Gasteiger partial charge in [-0.2, -0.15) is 12.6 Å². The van der Waals surface area contributed by atoms with Crippen LogP contribution < -0.4 is 0 Å². The highest BCUT2D eigenvalue weighted by molar-refractivity contribution is 7.81. The molecule has 0 aromatic carbocycles. The lowest BCUT2D eigenvalue weighted by Gasteiger charge is -2.03. The van der Waals surface area contributed by atoms with E-state index in [-0.39, 0.29) is 5.82 Å². The number of aromatic nitrogens is 3. The number of hydrogen-bond donors (Lipinski definition) is 1. The van der Waals surface area contributed by atoms with Crippen LogP contribution in [0.25, 0.3) is 0 Å². The average molecular weight is 215 g/mol. The van der Waals surface area contributed by atoms with Gasteiger partial charge in [0, 0.05) is 7.05 Å². The molecule has 76 valence electrons. The number of esters is 1. The summed E-state index contributed by atoms with van der Waals surface area (Å²) in [7, 11) is 2.81. The van der Waals surface area contributed by atoms with E-state index >= 15 is 0 Å². The zero-order valence-electron chi connectivity index (χ0n) is 7.67. The second-order valence-corrected chi connectivity index (χ2v) is 3.07. The standard InChI is InChI=1S/C7H9N3O3S/c1-10-5(4(14)3-11)8-9-6(10)7(12)13-2/h3-4,14H,1-2H3. The van der Waals surface area contributed by atoms with Gasteiger partial charge in [0.1, 0.15) is 11.5 Å². The molecule has 1 aromatic heterocycles. The predicted octanol–water partition coefficient (Wildman–Crippen LogP) is -0.229. The molecule has 0 aliphatic heterocycles. The van der Waals surface area contributed by atoms with Gasteiger partial charge >= 0.3 is 5.97 Å². The van der Waals surface area contributed by atoms with Crippen molar-refractivity contribution in [3.8, 4) is 0 Å². The third kappa shape index (κ3) is 1.77. The first kappa shape index (κ1) is 10.7. The molecule has 0 radical (unpaired) electrons. The van der Waals surface area contributed by atoms with Crippen LogP contribution in [0.15, 0.2) is 0 Å². The van der Waals surface area contributed by atoms with Crippen molar-refractivity contribution in [3.63, 3.8) is 0 Å². The second-order valence-electron chi connectivity index (χ2n) is 2.51. The van der Waals surface area contributed by atoms with Gasteiger partial charge in [-0.15, -0.1) is 10.2 Å². The molecule has 0 saturated carbocycles. The normalized spacial score (nSPS) is 12.2. The maximum Gasteiger partial charge on any atom is 0.376 e. The Kier molecular flexibility index (Phi) is 3.23. The largest absolute Gasteiger partial charge is 0.463 e. The Morgan fingerprint density at radius 2 is 2.29 bits per heavy atom. The Hall–Kier alpha value is -1.37. The molecule has 1 rings (SSSR count). The Labute approximate surface area is 85.7 Å². The predicted molar refractivity (Wildman–Crippen MR) is 50.1 cm³/mol. The van der Waals surface area contributed by atoms with Crippen molar-refractivity contribution in [2.45, 2.75) is 5.25 Å². The minimum Gasteiger partial charge on any atom is -0.463 e.